The number of ether oxygens (including phenoxy) is 1. The van der Waals surface area contributed by atoms with Gasteiger partial charge in [-0.05, 0) is 12.1 Å². The summed E-state index contributed by atoms with van der Waals surface area (Å²) in [6.07, 6.45) is 1.67. The van der Waals surface area contributed by atoms with Crippen LogP contribution in [0.25, 0.3) is 0 Å². The van der Waals surface area contributed by atoms with Gasteiger partial charge in [-0.2, -0.15) is 5.10 Å². The fraction of sp³-hybridized carbons (Fsp3) is 0.333. The average Bonchev–Trinajstić information content (AvgIpc) is 2.77. The van der Waals surface area contributed by atoms with Gasteiger partial charge >= 0.3 is 0 Å². The minimum absolute atomic E-state index is 0.592. The summed E-state index contributed by atoms with van der Waals surface area (Å²) in [4.78, 5) is 4.14. The SMILES string of the molecule is COc1cccc(Cl)c1CNCc1ncn(C)n1. The van der Waals surface area contributed by atoms with Crippen LogP contribution < -0.4 is 10.1 Å². The highest BCUT2D eigenvalue weighted by Gasteiger charge is 2.07. The molecule has 1 heterocycles. The van der Waals surface area contributed by atoms with Crippen molar-refractivity contribution in [2.45, 2.75) is 13.1 Å². The Balaban J connectivity index is 1.98. The fourth-order valence-corrected chi connectivity index (χ4v) is 1.90. The second-order valence-electron chi connectivity index (χ2n) is 3.86. The Labute approximate surface area is 111 Å². The Morgan fingerprint density at radius 1 is 1.39 bits per heavy atom. The summed E-state index contributed by atoms with van der Waals surface area (Å²) in [6.45, 7) is 1.20. The third kappa shape index (κ3) is 3.00. The normalized spacial score (nSPS) is 10.6. The molecule has 0 saturated carbocycles. The summed E-state index contributed by atoms with van der Waals surface area (Å²) in [5, 5.41) is 8.12. The molecule has 0 radical (unpaired) electrons. The first-order chi connectivity index (χ1) is 8.70. The van der Waals surface area contributed by atoms with Crippen molar-refractivity contribution in [1.82, 2.24) is 20.1 Å². The molecule has 1 aromatic carbocycles. The van der Waals surface area contributed by atoms with Crippen LogP contribution in [0.15, 0.2) is 24.5 Å². The van der Waals surface area contributed by atoms with Crippen molar-refractivity contribution in [3.05, 3.63) is 40.9 Å². The summed E-state index contributed by atoms with van der Waals surface area (Å²) >= 11 is 6.14. The predicted molar refractivity (Wildman–Crippen MR) is 69.6 cm³/mol. The number of hydrogen-bond donors (Lipinski definition) is 1. The zero-order chi connectivity index (χ0) is 13.0. The van der Waals surface area contributed by atoms with Crippen molar-refractivity contribution in [3.63, 3.8) is 0 Å². The summed E-state index contributed by atoms with van der Waals surface area (Å²) in [5.41, 5.74) is 0.942. The highest BCUT2D eigenvalue weighted by Crippen LogP contribution is 2.25. The Morgan fingerprint density at radius 2 is 2.22 bits per heavy atom. The number of nitrogens with one attached hydrogen (secondary N) is 1. The lowest BCUT2D eigenvalue weighted by atomic mass is 10.2. The summed E-state index contributed by atoms with van der Waals surface area (Å²) in [7, 11) is 3.48. The number of methoxy groups -OCH3 is 1. The molecule has 1 aromatic heterocycles. The molecule has 0 aliphatic heterocycles. The summed E-state index contributed by atoms with van der Waals surface area (Å²) in [6, 6.07) is 5.60. The highest BCUT2D eigenvalue weighted by molar-refractivity contribution is 6.31. The standard InChI is InChI=1S/C12H15ClN4O/c1-17-8-15-12(16-17)7-14-6-9-10(13)4-3-5-11(9)18-2/h3-5,8,14H,6-7H2,1-2H3. The zero-order valence-corrected chi connectivity index (χ0v) is 11.1. The van der Waals surface area contributed by atoms with Gasteiger partial charge in [-0.3, -0.25) is 4.68 Å². The number of hydrogen-bond acceptors (Lipinski definition) is 4. The fourth-order valence-electron chi connectivity index (χ4n) is 1.67. The largest absolute Gasteiger partial charge is 0.496 e. The van der Waals surface area contributed by atoms with Crippen LogP contribution in [0.5, 0.6) is 5.75 Å². The van der Waals surface area contributed by atoms with Gasteiger partial charge in [-0.15, -0.1) is 0 Å². The van der Waals surface area contributed by atoms with Crippen LogP contribution in [-0.2, 0) is 20.1 Å². The van der Waals surface area contributed by atoms with Gasteiger partial charge in [0.25, 0.3) is 0 Å². The number of benzene rings is 1. The molecule has 6 heteroatoms. The molecule has 0 atom stereocenters. The van der Waals surface area contributed by atoms with Crippen LogP contribution in [0.1, 0.15) is 11.4 Å². The van der Waals surface area contributed by atoms with Crippen LogP contribution in [0.2, 0.25) is 5.02 Å². The Morgan fingerprint density at radius 3 is 2.89 bits per heavy atom. The van der Waals surface area contributed by atoms with Gasteiger partial charge in [-0.25, -0.2) is 4.98 Å². The molecule has 0 bridgehead atoms. The minimum atomic E-state index is 0.592. The molecule has 96 valence electrons. The van der Waals surface area contributed by atoms with E-state index in [0.717, 1.165) is 17.1 Å². The molecule has 0 aliphatic rings. The Kier molecular flexibility index (Phi) is 4.17. The molecule has 0 spiro atoms. The molecule has 0 saturated heterocycles. The maximum Gasteiger partial charge on any atom is 0.164 e. The van der Waals surface area contributed by atoms with Gasteiger partial charge in [0.1, 0.15) is 12.1 Å². The van der Waals surface area contributed by atoms with Crippen molar-refractivity contribution in [2.24, 2.45) is 7.05 Å². The van der Waals surface area contributed by atoms with E-state index in [1.54, 1.807) is 18.1 Å². The lowest BCUT2D eigenvalue weighted by Crippen LogP contribution is -2.15. The molecule has 18 heavy (non-hydrogen) atoms. The number of rotatable bonds is 5. The highest BCUT2D eigenvalue weighted by atomic mass is 35.5. The molecular weight excluding hydrogens is 252 g/mol. The molecular formula is C12H15ClN4O. The summed E-state index contributed by atoms with van der Waals surface area (Å²) < 4.78 is 6.95. The predicted octanol–water partition coefficient (Wildman–Crippen LogP) is 1.77. The number of aromatic nitrogens is 3. The van der Waals surface area contributed by atoms with E-state index in [1.165, 1.54) is 0 Å². The van der Waals surface area contributed by atoms with E-state index < -0.39 is 0 Å². The van der Waals surface area contributed by atoms with E-state index in [1.807, 2.05) is 25.2 Å². The van der Waals surface area contributed by atoms with Crippen LogP contribution >= 0.6 is 11.6 Å². The topological polar surface area (TPSA) is 52.0 Å². The van der Waals surface area contributed by atoms with Crippen molar-refractivity contribution < 1.29 is 4.74 Å². The van der Waals surface area contributed by atoms with E-state index in [2.05, 4.69) is 15.4 Å². The minimum Gasteiger partial charge on any atom is -0.496 e. The quantitative estimate of drug-likeness (QED) is 0.896. The number of halogens is 1. The van der Waals surface area contributed by atoms with Crippen LogP contribution in [0.4, 0.5) is 0 Å². The second kappa shape index (κ2) is 5.84. The molecule has 1 N–H and O–H groups in total. The van der Waals surface area contributed by atoms with E-state index in [-0.39, 0.29) is 0 Å². The van der Waals surface area contributed by atoms with Crippen molar-refractivity contribution >= 4 is 11.6 Å². The first kappa shape index (κ1) is 12.9. The van der Waals surface area contributed by atoms with Crippen molar-refractivity contribution in [2.75, 3.05) is 7.11 Å². The van der Waals surface area contributed by atoms with Crippen LogP contribution in [0.3, 0.4) is 0 Å². The molecule has 0 amide bonds. The smallest absolute Gasteiger partial charge is 0.164 e. The van der Waals surface area contributed by atoms with E-state index in [4.69, 9.17) is 16.3 Å². The van der Waals surface area contributed by atoms with E-state index in [9.17, 15) is 0 Å². The Hall–Kier alpha value is -1.59. The van der Waals surface area contributed by atoms with Crippen molar-refractivity contribution in [3.8, 4) is 5.75 Å². The molecule has 2 aromatic rings. The van der Waals surface area contributed by atoms with E-state index in [0.29, 0.717) is 18.1 Å². The molecule has 5 nitrogen and oxygen atoms in total. The monoisotopic (exact) mass is 266 g/mol. The van der Waals surface area contributed by atoms with E-state index >= 15 is 0 Å². The molecule has 0 unspecified atom stereocenters. The molecule has 0 aliphatic carbocycles. The zero-order valence-electron chi connectivity index (χ0n) is 10.4. The second-order valence-corrected chi connectivity index (χ2v) is 4.27. The van der Waals surface area contributed by atoms with Gasteiger partial charge in [0.2, 0.25) is 0 Å². The van der Waals surface area contributed by atoms with Gasteiger partial charge in [0, 0.05) is 24.2 Å². The Bertz CT molecular complexity index is 527. The third-order valence-corrected chi connectivity index (χ3v) is 2.88. The lowest BCUT2D eigenvalue weighted by molar-refractivity contribution is 0.407. The summed E-state index contributed by atoms with van der Waals surface area (Å²) in [5.74, 6) is 1.53. The van der Waals surface area contributed by atoms with Gasteiger partial charge in [0.15, 0.2) is 5.82 Å². The van der Waals surface area contributed by atoms with Gasteiger partial charge in [0.05, 0.1) is 13.7 Å². The van der Waals surface area contributed by atoms with Gasteiger partial charge < -0.3 is 10.1 Å². The maximum absolute atomic E-state index is 6.14. The number of aryl methyl sites for hydroxylation is 1. The first-order valence-corrected chi connectivity index (χ1v) is 5.95. The van der Waals surface area contributed by atoms with Crippen molar-refractivity contribution in [1.29, 1.82) is 0 Å². The molecule has 0 fully saturated rings. The third-order valence-electron chi connectivity index (χ3n) is 2.53. The lowest BCUT2D eigenvalue weighted by Gasteiger charge is -2.10. The first-order valence-electron chi connectivity index (χ1n) is 5.57. The number of nitrogens with zero attached hydrogens (tertiary/aromatic N) is 3. The van der Waals surface area contributed by atoms with Crippen LogP contribution in [0, 0.1) is 0 Å². The van der Waals surface area contributed by atoms with Crippen LogP contribution in [-0.4, -0.2) is 21.9 Å². The molecule has 2 rings (SSSR count). The maximum atomic E-state index is 6.14. The average molecular weight is 267 g/mol. The van der Waals surface area contributed by atoms with Gasteiger partial charge in [-0.1, -0.05) is 17.7 Å².